The third-order valence-electron chi connectivity index (χ3n) is 2.16. The van der Waals surface area contributed by atoms with Crippen molar-refractivity contribution in [1.29, 1.82) is 0 Å². The largest absolute Gasteiger partial charge is 0.492 e. The van der Waals surface area contributed by atoms with E-state index in [1.807, 2.05) is 0 Å². The molecule has 0 aliphatic heterocycles. The molecule has 0 atom stereocenters. The quantitative estimate of drug-likeness (QED) is 0.650. The highest BCUT2D eigenvalue weighted by atomic mass is 19.1. The molecule has 7 nitrogen and oxygen atoms in total. The summed E-state index contributed by atoms with van der Waals surface area (Å²) in [6.45, 7) is -0.000801. The summed E-state index contributed by atoms with van der Waals surface area (Å²) in [4.78, 5) is 1.27. The molecule has 94 valence electrons. The van der Waals surface area contributed by atoms with Crippen molar-refractivity contribution in [2.45, 2.75) is 6.61 Å². The van der Waals surface area contributed by atoms with Gasteiger partial charge in [-0.15, -0.1) is 10.2 Å². The highest BCUT2D eigenvalue weighted by Crippen LogP contribution is 2.10. The topological polar surface area (TPSA) is 93.3 Å². The second kappa shape index (κ2) is 5.11. The lowest BCUT2D eigenvalue weighted by molar-refractivity contribution is 0.295. The Kier molecular flexibility index (Phi) is 3.54. The number of nitrogens with zero attached hydrogens (tertiary/aromatic N) is 4. The lowest BCUT2D eigenvalue weighted by Crippen LogP contribution is -2.31. The van der Waals surface area contributed by atoms with E-state index in [0.717, 1.165) is 12.1 Å². The maximum Gasteiger partial charge on any atom is 0.492 e. The molecule has 0 amide bonds. The number of aryl methyl sites for hydroxylation is 1. The smallest absolute Gasteiger partial charge is 0.486 e. The molecule has 0 fully saturated rings. The van der Waals surface area contributed by atoms with Gasteiger partial charge in [0.15, 0.2) is 6.61 Å². The standard InChI is InChI=1S/C9H10BFN4O3/c1-15-13-9(12-14-15)5-18-8-3-2-6(11)4-7(8)10(16)17/h2-4,16-17H,5H2,1H3. The van der Waals surface area contributed by atoms with Crippen molar-refractivity contribution in [3.8, 4) is 5.75 Å². The first-order chi connectivity index (χ1) is 8.56. The zero-order valence-electron chi connectivity index (χ0n) is 9.49. The van der Waals surface area contributed by atoms with E-state index in [4.69, 9.17) is 14.8 Å². The molecule has 18 heavy (non-hydrogen) atoms. The second-order valence-electron chi connectivity index (χ2n) is 3.54. The lowest BCUT2D eigenvalue weighted by atomic mass is 9.79. The van der Waals surface area contributed by atoms with Gasteiger partial charge in [-0.3, -0.25) is 0 Å². The zero-order chi connectivity index (χ0) is 13.1. The Balaban J connectivity index is 2.13. The highest BCUT2D eigenvalue weighted by molar-refractivity contribution is 6.59. The molecule has 0 saturated carbocycles. The average molecular weight is 252 g/mol. The van der Waals surface area contributed by atoms with Crippen molar-refractivity contribution < 1.29 is 19.2 Å². The molecular weight excluding hydrogens is 242 g/mol. The first kappa shape index (κ1) is 12.5. The van der Waals surface area contributed by atoms with Crippen LogP contribution >= 0.6 is 0 Å². The Morgan fingerprint density at radius 3 is 2.83 bits per heavy atom. The van der Waals surface area contributed by atoms with E-state index < -0.39 is 12.9 Å². The van der Waals surface area contributed by atoms with Crippen molar-refractivity contribution in [3.63, 3.8) is 0 Å². The van der Waals surface area contributed by atoms with Crippen LogP contribution in [-0.2, 0) is 13.7 Å². The first-order valence-electron chi connectivity index (χ1n) is 5.07. The van der Waals surface area contributed by atoms with Gasteiger partial charge in [0, 0.05) is 5.46 Å². The van der Waals surface area contributed by atoms with Crippen LogP contribution in [0.1, 0.15) is 5.82 Å². The summed E-state index contributed by atoms with van der Waals surface area (Å²) in [5.41, 5.74) is -0.0566. The molecular formula is C9H10BFN4O3. The number of halogens is 1. The van der Waals surface area contributed by atoms with E-state index in [9.17, 15) is 4.39 Å². The van der Waals surface area contributed by atoms with Crippen LogP contribution in [0.2, 0.25) is 0 Å². The molecule has 0 radical (unpaired) electrons. The Morgan fingerprint density at radius 2 is 2.22 bits per heavy atom. The summed E-state index contributed by atoms with van der Waals surface area (Å²) >= 11 is 0. The van der Waals surface area contributed by atoms with E-state index >= 15 is 0 Å². The predicted molar refractivity (Wildman–Crippen MR) is 59.4 cm³/mol. The second-order valence-corrected chi connectivity index (χ2v) is 3.54. The molecule has 1 aromatic heterocycles. The van der Waals surface area contributed by atoms with E-state index in [2.05, 4.69) is 15.4 Å². The van der Waals surface area contributed by atoms with Gasteiger partial charge in [-0.1, -0.05) is 0 Å². The van der Waals surface area contributed by atoms with Gasteiger partial charge < -0.3 is 14.8 Å². The summed E-state index contributed by atoms with van der Waals surface area (Å²) in [6.07, 6.45) is 0. The number of aromatic nitrogens is 4. The Labute approximate surface area is 102 Å². The molecule has 0 saturated heterocycles. The summed E-state index contributed by atoms with van der Waals surface area (Å²) in [7, 11) is -0.206. The minimum atomic E-state index is -1.81. The van der Waals surface area contributed by atoms with Crippen molar-refractivity contribution in [1.82, 2.24) is 20.2 Å². The summed E-state index contributed by atoms with van der Waals surface area (Å²) < 4.78 is 18.2. The minimum absolute atomic E-state index is 0.000801. The van der Waals surface area contributed by atoms with Gasteiger partial charge >= 0.3 is 7.12 Å². The molecule has 0 aliphatic carbocycles. The molecule has 1 heterocycles. The van der Waals surface area contributed by atoms with Crippen molar-refractivity contribution in [2.24, 2.45) is 7.05 Å². The van der Waals surface area contributed by atoms with Crippen LogP contribution in [0.25, 0.3) is 0 Å². The Hall–Kier alpha value is -2.00. The Morgan fingerprint density at radius 1 is 1.44 bits per heavy atom. The molecule has 2 N–H and O–H groups in total. The minimum Gasteiger partial charge on any atom is -0.486 e. The summed E-state index contributed by atoms with van der Waals surface area (Å²) in [5.74, 6) is -0.0952. The van der Waals surface area contributed by atoms with Gasteiger partial charge in [-0.25, -0.2) is 4.39 Å². The number of hydrogen-bond acceptors (Lipinski definition) is 6. The lowest BCUT2D eigenvalue weighted by Gasteiger charge is -2.09. The van der Waals surface area contributed by atoms with Gasteiger partial charge in [-0.05, 0) is 23.4 Å². The molecule has 9 heteroatoms. The van der Waals surface area contributed by atoms with Crippen LogP contribution in [0.5, 0.6) is 5.75 Å². The van der Waals surface area contributed by atoms with Crippen molar-refractivity contribution in [3.05, 3.63) is 29.8 Å². The van der Waals surface area contributed by atoms with Crippen molar-refractivity contribution >= 4 is 12.6 Å². The van der Waals surface area contributed by atoms with Crippen molar-refractivity contribution in [2.75, 3.05) is 0 Å². The first-order valence-corrected chi connectivity index (χ1v) is 5.07. The Bertz CT molecular complexity index is 548. The fraction of sp³-hybridized carbons (Fsp3) is 0.222. The molecule has 0 aliphatic rings. The van der Waals surface area contributed by atoms with Crippen LogP contribution in [0, 0.1) is 5.82 Å². The zero-order valence-corrected chi connectivity index (χ0v) is 9.49. The van der Waals surface area contributed by atoms with Gasteiger partial charge in [0.1, 0.15) is 11.6 Å². The average Bonchev–Trinajstić information content (AvgIpc) is 2.73. The highest BCUT2D eigenvalue weighted by Gasteiger charge is 2.18. The maximum absolute atomic E-state index is 13.0. The monoisotopic (exact) mass is 252 g/mol. The summed E-state index contributed by atoms with van der Waals surface area (Å²) in [6, 6.07) is 3.45. The third kappa shape index (κ3) is 2.82. The fourth-order valence-electron chi connectivity index (χ4n) is 1.38. The summed E-state index contributed by atoms with van der Waals surface area (Å²) in [5, 5.41) is 29.4. The third-order valence-corrected chi connectivity index (χ3v) is 2.16. The molecule has 2 rings (SSSR count). The van der Waals surface area contributed by atoms with Crippen LogP contribution in [0.3, 0.4) is 0 Å². The predicted octanol–water partition coefficient (Wildman–Crippen LogP) is -1.39. The maximum atomic E-state index is 13.0. The number of rotatable bonds is 4. The van der Waals surface area contributed by atoms with Crippen LogP contribution < -0.4 is 10.2 Å². The molecule has 2 aromatic rings. The molecule has 0 bridgehead atoms. The van der Waals surface area contributed by atoms with E-state index in [0.29, 0.717) is 5.82 Å². The van der Waals surface area contributed by atoms with Crippen LogP contribution in [0.15, 0.2) is 18.2 Å². The van der Waals surface area contributed by atoms with E-state index in [-0.39, 0.29) is 17.8 Å². The van der Waals surface area contributed by atoms with Gasteiger partial charge in [0.25, 0.3) is 0 Å². The van der Waals surface area contributed by atoms with Gasteiger partial charge in [0.05, 0.1) is 7.05 Å². The van der Waals surface area contributed by atoms with E-state index in [1.165, 1.54) is 10.9 Å². The number of hydrogen-bond donors (Lipinski definition) is 2. The molecule has 0 unspecified atom stereocenters. The number of tetrazole rings is 1. The SMILES string of the molecule is Cn1nnc(COc2ccc(F)cc2B(O)O)n1. The molecule has 1 aromatic carbocycles. The van der Waals surface area contributed by atoms with E-state index in [1.54, 1.807) is 7.05 Å². The number of ether oxygens (including phenoxy) is 1. The van der Waals surface area contributed by atoms with Crippen LogP contribution in [0.4, 0.5) is 4.39 Å². The van der Waals surface area contributed by atoms with Crippen LogP contribution in [-0.4, -0.2) is 37.4 Å². The van der Waals surface area contributed by atoms with Gasteiger partial charge in [-0.2, -0.15) is 4.80 Å². The normalized spacial score (nSPS) is 10.4. The fourth-order valence-corrected chi connectivity index (χ4v) is 1.38. The van der Waals surface area contributed by atoms with Gasteiger partial charge in [0.2, 0.25) is 5.82 Å². The number of benzene rings is 1. The molecule has 0 spiro atoms.